The molecule has 0 unspecified atom stereocenters. The quantitative estimate of drug-likeness (QED) is 0.752. The number of para-hydroxylation sites is 1. The Morgan fingerprint density at radius 1 is 1.27 bits per heavy atom. The Kier molecular flexibility index (Phi) is 3.55. The minimum Gasteiger partial charge on any atom is -0.324 e. The SMILES string of the molecule is C=CCc1[nH]c(=O)c(C#N)cc1-c1ccc2ccccc2n1. The third-order valence-electron chi connectivity index (χ3n) is 3.47. The number of allylic oxidation sites excluding steroid dienone is 1. The molecule has 0 aliphatic carbocycles. The van der Waals surface area contributed by atoms with Crippen LogP contribution in [0.1, 0.15) is 11.3 Å². The number of rotatable bonds is 3. The lowest BCUT2D eigenvalue weighted by molar-refractivity contribution is 1.07. The Morgan fingerprint density at radius 2 is 2.09 bits per heavy atom. The Hall–Kier alpha value is -3.19. The van der Waals surface area contributed by atoms with E-state index in [9.17, 15) is 4.79 Å². The number of pyridine rings is 2. The van der Waals surface area contributed by atoms with Crippen molar-refractivity contribution in [2.75, 3.05) is 0 Å². The number of aromatic nitrogens is 2. The van der Waals surface area contributed by atoms with Gasteiger partial charge < -0.3 is 4.98 Å². The minimum absolute atomic E-state index is 0.0813. The van der Waals surface area contributed by atoms with Gasteiger partial charge >= 0.3 is 0 Å². The first-order valence-electron chi connectivity index (χ1n) is 6.86. The van der Waals surface area contributed by atoms with E-state index in [1.807, 2.05) is 42.5 Å². The summed E-state index contributed by atoms with van der Waals surface area (Å²) >= 11 is 0. The fourth-order valence-electron chi connectivity index (χ4n) is 2.40. The molecule has 0 atom stereocenters. The summed E-state index contributed by atoms with van der Waals surface area (Å²) < 4.78 is 0. The second-order valence-corrected chi connectivity index (χ2v) is 4.90. The zero-order valence-corrected chi connectivity index (χ0v) is 11.8. The van der Waals surface area contributed by atoms with E-state index in [0.29, 0.717) is 12.1 Å². The van der Waals surface area contributed by atoms with E-state index in [4.69, 9.17) is 5.26 Å². The third kappa shape index (κ3) is 2.40. The highest BCUT2D eigenvalue weighted by Gasteiger charge is 2.11. The van der Waals surface area contributed by atoms with Crippen molar-refractivity contribution in [2.45, 2.75) is 6.42 Å². The van der Waals surface area contributed by atoms with Gasteiger partial charge in [0.15, 0.2) is 0 Å². The molecule has 2 heterocycles. The molecule has 106 valence electrons. The van der Waals surface area contributed by atoms with Crippen molar-refractivity contribution in [1.29, 1.82) is 5.26 Å². The number of aromatic amines is 1. The summed E-state index contributed by atoms with van der Waals surface area (Å²) in [7, 11) is 0. The Labute approximate surface area is 127 Å². The molecule has 0 saturated heterocycles. The summed E-state index contributed by atoms with van der Waals surface area (Å²) in [4.78, 5) is 19.2. The summed E-state index contributed by atoms with van der Waals surface area (Å²) in [6.45, 7) is 3.71. The summed E-state index contributed by atoms with van der Waals surface area (Å²) in [5.74, 6) is 0. The van der Waals surface area contributed by atoms with Crippen LogP contribution in [-0.2, 0) is 6.42 Å². The fourth-order valence-corrected chi connectivity index (χ4v) is 2.40. The zero-order chi connectivity index (χ0) is 15.5. The maximum absolute atomic E-state index is 11.8. The Morgan fingerprint density at radius 3 is 2.86 bits per heavy atom. The summed E-state index contributed by atoms with van der Waals surface area (Å²) in [6.07, 6.45) is 2.21. The number of benzene rings is 1. The van der Waals surface area contributed by atoms with E-state index >= 15 is 0 Å². The highest BCUT2D eigenvalue weighted by Crippen LogP contribution is 2.23. The lowest BCUT2D eigenvalue weighted by atomic mass is 10.0. The number of H-pyrrole nitrogens is 1. The molecule has 0 amide bonds. The van der Waals surface area contributed by atoms with Crippen molar-refractivity contribution in [3.05, 3.63) is 76.7 Å². The van der Waals surface area contributed by atoms with Crippen LogP contribution in [0.4, 0.5) is 0 Å². The van der Waals surface area contributed by atoms with E-state index in [-0.39, 0.29) is 11.1 Å². The molecule has 0 saturated carbocycles. The molecule has 2 aromatic heterocycles. The molecule has 1 N–H and O–H groups in total. The second kappa shape index (κ2) is 5.66. The summed E-state index contributed by atoms with van der Waals surface area (Å²) in [5, 5.41) is 10.1. The molecule has 0 aliphatic heterocycles. The predicted octanol–water partition coefficient (Wildman–Crippen LogP) is 3.19. The van der Waals surface area contributed by atoms with Crippen molar-refractivity contribution >= 4 is 10.9 Å². The minimum atomic E-state index is -0.385. The molecular weight excluding hydrogens is 274 g/mol. The van der Waals surface area contributed by atoms with Crippen molar-refractivity contribution in [3.8, 4) is 17.3 Å². The number of nitrogens with one attached hydrogen (secondary N) is 1. The first-order valence-corrected chi connectivity index (χ1v) is 6.86. The highest BCUT2D eigenvalue weighted by molar-refractivity contribution is 5.81. The van der Waals surface area contributed by atoms with Gasteiger partial charge in [0.05, 0.1) is 11.2 Å². The lowest BCUT2D eigenvalue weighted by Gasteiger charge is -2.09. The van der Waals surface area contributed by atoms with E-state index in [1.54, 1.807) is 12.1 Å². The first kappa shape index (κ1) is 13.8. The van der Waals surface area contributed by atoms with Crippen LogP contribution in [0.2, 0.25) is 0 Å². The maximum atomic E-state index is 11.8. The van der Waals surface area contributed by atoms with Gasteiger partial charge in [-0.3, -0.25) is 4.79 Å². The zero-order valence-electron chi connectivity index (χ0n) is 11.8. The molecule has 3 aromatic rings. The molecule has 0 aliphatic rings. The molecule has 0 bridgehead atoms. The third-order valence-corrected chi connectivity index (χ3v) is 3.47. The number of hydrogen-bond donors (Lipinski definition) is 1. The van der Waals surface area contributed by atoms with Gasteiger partial charge in [0.1, 0.15) is 11.6 Å². The molecule has 4 heteroatoms. The topological polar surface area (TPSA) is 69.5 Å². The number of nitrogens with zero attached hydrogens (tertiary/aromatic N) is 2. The van der Waals surface area contributed by atoms with Gasteiger partial charge in [-0.2, -0.15) is 5.26 Å². The van der Waals surface area contributed by atoms with Crippen LogP contribution >= 0.6 is 0 Å². The van der Waals surface area contributed by atoms with Gasteiger partial charge in [-0.15, -0.1) is 6.58 Å². The fraction of sp³-hybridized carbons (Fsp3) is 0.0556. The molecule has 1 aromatic carbocycles. The van der Waals surface area contributed by atoms with Crippen LogP contribution in [0.15, 0.2) is 59.9 Å². The molecule has 0 radical (unpaired) electrons. The van der Waals surface area contributed by atoms with E-state index in [0.717, 1.165) is 22.2 Å². The molecule has 22 heavy (non-hydrogen) atoms. The monoisotopic (exact) mass is 287 g/mol. The number of fused-ring (bicyclic) bond motifs is 1. The molecule has 3 rings (SSSR count). The average Bonchev–Trinajstić information content (AvgIpc) is 2.55. The van der Waals surface area contributed by atoms with Gasteiger partial charge in [0, 0.05) is 23.1 Å². The van der Waals surface area contributed by atoms with Gasteiger partial charge in [-0.05, 0) is 18.2 Å². The van der Waals surface area contributed by atoms with Crippen LogP contribution in [0.5, 0.6) is 0 Å². The van der Waals surface area contributed by atoms with Crippen LogP contribution in [0.25, 0.3) is 22.2 Å². The van der Waals surface area contributed by atoms with Crippen LogP contribution < -0.4 is 5.56 Å². The number of nitriles is 1. The van der Waals surface area contributed by atoms with E-state index < -0.39 is 0 Å². The van der Waals surface area contributed by atoms with Crippen molar-refractivity contribution < 1.29 is 0 Å². The standard InChI is InChI=1S/C18H13N3O/c1-2-5-16-14(10-13(11-19)18(22)21-16)17-9-8-12-6-3-4-7-15(12)20-17/h2-4,6-10H,1,5H2,(H,21,22). The Bertz CT molecular complexity index is 964. The van der Waals surface area contributed by atoms with Crippen molar-refractivity contribution in [1.82, 2.24) is 9.97 Å². The van der Waals surface area contributed by atoms with Crippen molar-refractivity contribution in [2.24, 2.45) is 0 Å². The van der Waals surface area contributed by atoms with Crippen LogP contribution in [0, 0.1) is 11.3 Å². The summed E-state index contributed by atoms with van der Waals surface area (Å²) in [5.41, 5.74) is 2.75. The average molecular weight is 287 g/mol. The van der Waals surface area contributed by atoms with Crippen LogP contribution in [0.3, 0.4) is 0 Å². The molecule has 0 spiro atoms. The number of hydrogen-bond acceptors (Lipinski definition) is 3. The van der Waals surface area contributed by atoms with E-state index in [2.05, 4.69) is 16.5 Å². The van der Waals surface area contributed by atoms with E-state index in [1.165, 1.54) is 0 Å². The lowest BCUT2D eigenvalue weighted by Crippen LogP contribution is -2.13. The smallest absolute Gasteiger partial charge is 0.266 e. The van der Waals surface area contributed by atoms with Crippen molar-refractivity contribution in [3.63, 3.8) is 0 Å². The normalized spacial score (nSPS) is 10.3. The molecule has 0 fully saturated rings. The summed E-state index contributed by atoms with van der Waals surface area (Å²) in [6, 6.07) is 15.2. The van der Waals surface area contributed by atoms with Gasteiger partial charge in [-0.1, -0.05) is 30.3 Å². The van der Waals surface area contributed by atoms with Crippen LogP contribution in [-0.4, -0.2) is 9.97 Å². The first-order chi connectivity index (χ1) is 10.7. The largest absolute Gasteiger partial charge is 0.324 e. The Balaban J connectivity index is 2.26. The molecular formula is C18H13N3O. The second-order valence-electron chi connectivity index (χ2n) is 4.90. The highest BCUT2D eigenvalue weighted by atomic mass is 16.1. The van der Waals surface area contributed by atoms with Gasteiger partial charge in [0.2, 0.25) is 0 Å². The molecule has 4 nitrogen and oxygen atoms in total. The maximum Gasteiger partial charge on any atom is 0.266 e. The van der Waals surface area contributed by atoms with Gasteiger partial charge in [0.25, 0.3) is 5.56 Å². The predicted molar refractivity (Wildman–Crippen MR) is 86.4 cm³/mol. The van der Waals surface area contributed by atoms with Gasteiger partial charge in [-0.25, -0.2) is 4.98 Å².